The van der Waals surface area contributed by atoms with Gasteiger partial charge >= 0.3 is 0 Å². The highest BCUT2D eigenvalue weighted by Gasteiger charge is 2.22. The van der Waals surface area contributed by atoms with Crippen molar-refractivity contribution in [2.45, 2.75) is 12.8 Å². The van der Waals surface area contributed by atoms with Crippen LogP contribution in [0.4, 0.5) is 11.4 Å². The molecule has 2 aromatic heterocycles. The van der Waals surface area contributed by atoms with Crippen molar-refractivity contribution in [2.75, 3.05) is 5.32 Å². The largest absolute Gasteiger partial charge is 0.355 e. The lowest BCUT2D eigenvalue weighted by Crippen LogP contribution is -2.01. The third kappa shape index (κ3) is 5.31. The highest BCUT2D eigenvalue weighted by molar-refractivity contribution is 6.26. The van der Waals surface area contributed by atoms with Crippen LogP contribution < -0.4 is 5.32 Å². The van der Waals surface area contributed by atoms with Crippen molar-refractivity contribution in [3.8, 4) is 28.2 Å². The Kier molecular flexibility index (Phi) is 7.73. The minimum absolute atomic E-state index is 0.847. The topological polar surface area (TPSA) is 53.7 Å². The molecule has 0 radical (unpaired) electrons. The Labute approximate surface area is 313 Å². The van der Waals surface area contributed by atoms with Gasteiger partial charge in [-0.15, -0.1) is 0 Å². The lowest BCUT2D eigenvalue weighted by Gasteiger charge is -2.17. The number of benzene rings is 7. The molecular formula is C50H36N4. The fraction of sp³-hybridized carbons (Fsp3) is 0.0400. The van der Waals surface area contributed by atoms with Crippen molar-refractivity contribution < 1.29 is 0 Å². The second kappa shape index (κ2) is 13.2. The van der Waals surface area contributed by atoms with Crippen LogP contribution in [0.15, 0.2) is 176 Å². The van der Waals surface area contributed by atoms with Crippen LogP contribution >= 0.6 is 0 Å². The highest BCUT2D eigenvalue weighted by atomic mass is 15.0. The van der Waals surface area contributed by atoms with Crippen LogP contribution in [0.25, 0.3) is 77.1 Å². The number of para-hydroxylation sites is 2. The molecule has 0 saturated carbocycles. The van der Waals surface area contributed by atoms with E-state index in [0.29, 0.717) is 0 Å². The molecular weight excluding hydrogens is 657 g/mol. The van der Waals surface area contributed by atoms with E-state index in [1.54, 1.807) is 0 Å². The Balaban J connectivity index is 1.29. The molecule has 9 aromatic rings. The maximum absolute atomic E-state index is 8.80. The average Bonchev–Trinajstić information content (AvgIpc) is 3.59. The second-order valence-electron chi connectivity index (χ2n) is 13.9. The molecule has 0 spiro atoms. The predicted molar refractivity (Wildman–Crippen MR) is 228 cm³/mol. The van der Waals surface area contributed by atoms with E-state index in [0.717, 1.165) is 90.7 Å². The van der Waals surface area contributed by atoms with Crippen LogP contribution in [0.5, 0.6) is 0 Å². The van der Waals surface area contributed by atoms with E-state index in [1.165, 1.54) is 27.9 Å². The van der Waals surface area contributed by atoms with Crippen molar-refractivity contribution in [1.29, 1.82) is 5.41 Å². The summed E-state index contributed by atoms with van der Waals surface area (Å²) in [5, 5.41) is 19.3. The first-order chi connectivity index (χ1) is 26.7. The van der Waals surface area contributed by atoms with Crippen molar-refractivity contribution in [3.63, 3.8) is 0 Å². The van der Waals surface area contributed by atoms with E-state index in [9.17, 15) is 0 Å². The van der Waals surface area contributed by atoms with Crippen LogP contribution in [-0.4, -0.2) is 15.8 Å². The molecule has 0 unspecified atom stereocenters. The van der Waals surface area contributed by atoms with Crippen molar-refractivity contribution in [2.24, 2.45) is 0 Å². The van der Waals surface area contributed by atoms with Crippen molar-refractivity contribution in [3.05, 3.63) is 187 Å². The van der Waals surface area contributed by atoms with Gasteiger partial charge in [0.25, 0.3) is 0 Å². The number of aromatic nitrogens is 2. The Bertz CT molecular complexity index is 2970. The molecule has 1 aliphatic carbocycles. The number of rotatable bonds is 7. The number of hydrogen-bond donors (Lipinski definition) is 2. The zero-order valence-corrected chi connectivity index (χ0v) is 29.6. The van der Waals surface area contributed by atoms with Gasteiger partial charge in [0.1, 0.15) is 0 Å². The van der Waals surface area contributed by atoms with Gasteiger partial charge in [0.2, 0.25) is 0 Å². The number of pyridine rings is 1. The molecule has 256 valence electrons. The maximum atomic E-state index is 8.80. The minimum Gasteiger partial charge on any atom is -0.355 e. The molecule has 1 aliphatic rings. The van der Waals surface area contributed by atoms with E-state index in [2.05, 4.69) is 168 Å². The second-order valence-corrected chi connectivity index (χ2v) is 13.9. The summed E-state index contributed by atoms with van der Waals surface area (Å²) in [7, 11) is 0. The number of fused-ring (bicyclic) bond motifs is 7. The minimum atomic E-state index is 0.847. The summed E-state index contributed by atoms with van der Waals surface area (Å²) in [4.78, 5) is 5.39. The Morgan fingerprint density at radius 2 is 1.35 bits per heavy atom. The fourth-order valence-electron chi connectivity index (χ4n) is 8.20. The molecule has 4 heteroatoms. The predicted octanol–water partition coefficient (Wildman–Crippen LogP) is 13.3. The summed E-state index contributed by atoms with van der Waals surface area (Å²) in [5.74, 6) is 0. The SMILES string of the molecule is N=Cc1c(Nc2ccccc2)ccc2c1c1ccc3c4ccccc4ccc3c1n2-c1ccccc1-c1cc(C2=CCCC=C2)cc(-c2ccccc2)n1. The van der Waals surface area contributed by atoms with E-state index in [4.69, 9.17) is 10.4 Å². The summed E-state index contributed by atoms with van der Waals surface area (Å²) in [6.45, 7) is 0. The molecule has 10 rings (SSSR count). The first-order valence-electron chi connectivity index (χ1n) is 18.5. The standard InChI is InChI=1S/C50H36N4/c51-32-43-44(52-37-19-8-3-9-20-37)28-29-48-49(43)42-27-26-39-38-21-11-10-16-34(38)24-25-40(39)50(42)54(48)47-23-13-12-22-41(47)46-31-36(33-14-4-1-5-15-33)30-45(53-46)35-17-6-2-7-18-35/h2-4,6-32,51-52H,1,5H2. The molecule has 0 bridgehead atoms. The monoisotopic (exact) mass is 692 g/mol. The third-order valence-corrected chi connectivity index (χ3v) is 10.7. The first kappa shape index (κ1) is 31.7. The Morgan fingerprint density at radius 3 is 2.19 bits per heavy atom. The molecule has 0 atom stereocenters. The normalized spacial score (nSPS) is 12.8. The lowest BCUT2D eigenvalue weighted by molar-refractivity contribution is 1.04. The van der Waals surface area contributed by atoms with Crippen LogP contribution in [0.3, 0.4) is 0 Å². The van der Waals surface area contributed by atoms with Gasteiger partial charge in [-0.2, -0.15) is 0 Å². The molecule has 2 heterocycles. The van der Waals surface area contributed by atoms with Gasteiger partial charge in [0.05, 0.1) is 28.1 Å². The third-order valence-electron chi connectivity index (χ3n) is 10.7. The zero-order valence-electron chi connectivity index (χ0n) is 29.6. The molecule has 0 amide bonds. The van der Waals surface area contributed by atoms with Gasteiger partial charge < -0.3 is 15.3 Å². The molecule has 54 heavy (non-hydrogen) atoms. The van der Waals surface area contributed by atoms with E-state index < -0.39 is 0 Å². The van der Waals surface area contributed by atoms with Crippen LogP contribution in [0.2, 0.25) is 0 Å². The summed E-state index contributed by atoms with van der Waals surface area (Å²) in [5.41, 5.74) is 12.3. The molecule has 0 aliphatic heterocycles. The van der Waals surface area contributed by atoms with Gasteiger partial charge in [-0.05, 0) is 82.6 Å². The quantitative estimate of drug-likeness (QED) is 0.129. The van der Waals surface area contributed by atoms with Crippen LogP contribution in [0, 0.1) is 5.41 Å². The first-order valence-corrected chi connectivity index (χ1v) is 18.5. The average molecular weight is 693 g/mol. The smallest absolute Gasteiger partial charge is 0.0736 e. The van der Waals surface area contributed by atoms with E-state index >= 15 is 0 Å². The van der Waals surface area contributed by atoms with Gasteiger partial charge in [-0.3, -0.25) is 0 Å². The molecule has 2 N–H and O–H groups in total. The number of nitrogens with zero attached hydrogens (tertiary/aromatic N) is 2. The van der Waals surface area contributed by atoms with Gasteiger partial charge in [-0.1, -0.05) is 133 Å². The molecule has 0 saturated heterocycles. The number of hydrogen-bond acceptors (Lipinski definition) is 3. The highest BCUT2D eigenvalue weighted by Crippen LogP contribution is 2.43. The van der Waals surface area contributed by atoms with Gasteiger partial charge in [0.15, 0.2) is 0 Å². The maximum Gasteiger partial charge on any atom is 0.0736 e. The van der Waals surface area contributed by atoms with E-state index in [1.807, 2.05) is 18.2 Å². The lowest BCUT2D eigenvalue weighted by atomic mass is 9.96. The van der Waals surface area contributed by atoms with Gasteiger partial charge in [-0.25, -0.2) is 4.98 Å². The number of nitrogens with one attached hydrogen (secondary N) is 2. The van der Waals surface area contributed by atoms with Crippen LogP contribution in [-0.2, 0) is 0 Å². The van der Waals surface area contributed by atoms with Crippen LogP contribution in [0.1, 0.15) is 24.0 Å². The number of anilines is 2. The Morgan fingerprint density at radius 1 is 0.611 bits per heavy atom. The van der Waals surface area contributed by atoms with E-state index in [-0.39, 0.29) is 0 Å². The fourth-order valence-corrected chi connectivity index (χ4v) is 8.20. The summed E-state index contributed by atoms with van der Waals surface area (Å²) in [6.07, 6.45) is 10.4. The summed E-state index contributed by atoms with van der Waals surface area (Å²) < 4.78 is 2.41. The zero-order chi connectivity index (χ0) is 36.0. The van der Waals surface area contributed by atoms with Crippen molar-refractivity contribution in [1.82, 2.24) is 9.55 Å². The van der Waals surface area contributed by atoms with Gasteiger partial charge in [0, 0.05) is 50.4 Å². The number of allylic oxidation sites excluding steroid dienone is 4. The summed E-state index contributed by atoms with van der Waals surface area (Å²) >= 11 is 0. The summed E-state index contributed by atoms with van der Waals surface area (Å²) in [6, 6.07) is 55.7. The molecule has 4 nitrogen and oxygen atoms in total. The molecule has 7 aromatic carbocycles. The van der Waals surface area contributed by atoms with Crippen molar-refractivity contribution >= 4 is 66.5 Å². The molecule has 0 fully saturated rings. The Hall–Kier alpha value is -7.04.